The second-order valence-corrected chi connectivity index (χ2v) is 6.29. The molecule has 1 fully saturated rings. The normalized spacial score (nSPS) is 20.5. The number of rotatable bonds is 8. The number of carboxylic acid groups (broad SMARTS) is 1. The number of hydrogen-bond donors (Lipinski definition) is 5. The Labute approximate surface area is 136 Å². The highest BCUT2D eigenvalue weighted by molar-refractivity contribution is 7.80. The van der Waals surface area contributed by atoms with Crippen LogP contribution in [-0.2, 0) is 14.4 Å². The van der Waals surface area contributed by atoms with E-state index in [1.54, 1.807) is 0 Å². The predicted molar refractivity (Wildman–Crippen MR) is 85.8 cm³/mol. The highest BCUT2D eigenvalue weighted by atomic mass is 32.1. The highest BCUT2D eigenvalue weighted by Crippen LogP contribution is 2.09. The Kier molecular flexibility index (Phi) is 7.67. The number of carbonyl (C=O) groups is 3. The zero-order chi connectivity index (χ0) is 16.7. The van der Waals surface area contributed by atoms with Crippen molar-refractivity contribution >= 4 is 30.4 Å². The predicted octanol–water partition coefficient (Wildman–Crippen LogP) is -0.231. The zero-order valence-electron chi connectivity index (χ0n) is 13.0. The van der Waals surface area contributed by atoms with Crippen molar-refractivity contribution in [2.75, 3.05) is 12.3 Å². The Morgan fingerprint density at radius 1 is 1.27 bits per heavy atom. The van der Waals surface area contributed by atoms with Crippen molar-refractivity contribution in [3.05, 3.63) is 0 Å². The number of hydrogen-bond acceptors (Lipinski definition) is 5. The smallest absolute Gasteiger partial charge is 0.327 e. The van der Waals surface area contributed by atoms with Crippen LogP contribution in [0.3, 0.4) is 0 Å². The van der Waals surface area contributed by atoms with E-state index in [0.29, 0.717) is 6.42 Å². The van der Waals surface area contributed by atoms with E-state index >= 15 is 0 Å². The van der Waals surface area contributed by atoms with Gasteiger partial charge in [-0.1, -0.05) is 13.8 Å². The van der Waals surface area contributed by atoms with Crippen molar-refractivity contribution in [3.63, 3.8) is 0 Å². The van der Waals surface area contributed by atoms with E-state index in [1.165, 1.54) is 0 Å². The van der Waals surface area contributed by atoms with Gasteiger partial charge in [0.1, 0.15) is 12.1 Å². The molecule has 0 aromatic heterocycles. The van der Waals surface area contributed by atoms with Gasteiger partial charge in [-0.05, 0) is 31.7 Å². The number of aliphatic carboxylic acids is 1. The number of amides is 2. The molecule has 1 aliphatic heterocycles. The van der Waals surface area contributed by atoms with E-state index in [9.17, 15) is 14.4 Å². The molecule has 3 unspecified atom stereocenters. The molecule has 1 aliphatic rings. The average molecular weight is 331 g/mol. The Morgan fingerprint density at radius 2 is 1.95 bits per heavy atom. The lowest BCUT2D eigenvalue weighted by molar-refractivity contribution is -0.141. The largest absolute Gasteiger partial charge is 0.480 e. The molecule has 8 heteroatoms. The summed E-state index contributed by atoms with van der Waals surface area (Å²) in [5, 5.41) is 17.2. The van der Waals surface area contributed by atoms with Crippen LogP contribution in [0.25, 0.3) is 0 Å². The SMILES string of the molecule is CC(C)CC(NC(=O)C1CCCN1)C(=O)NC(CS)C(=O)O. The van der Waals surface area contributed by atoms with Crippen molar-refractivity contribution in [1.82, 2.24) is 16.0 Å². The summed E-state index contributed by atoms with van der Waals surface area (Å²) < 4.78 is 0. The third kappa shape index (κ3) is 5.84. The quantitative estimate of drug-likeness (QED) is 0.395. The Balaban J connectivity index is 2.67. The first-order chi connectivity index (χ1) is 10.3. The molecular formula is C14H25N3O4S. The zero-order valence-corrected chi connectivity index (χ0v) is 13.9. The fourth-order valence-electron chi connectivity index (χ4n) is 2.34. The van der Waals surface area contributed by atoms with E-state index in [-0.39, 0.29) is 23.6 Å². The maximum Gasteiger partial charge on any atom is 0.327 e. The van der Waals surface area contributed by atoms with Gasteiger partial charge in [0.05, 0.1) is 6.04 Å². The topological polar surface area (TPSA) is 108 Å². The molecule has 1 heterocycles. The first-order valence-corrected chi connectivity index (χ1v) is 8.16. The van der Waals surface area contributed by atoms with Crippen LogP contribution >= 0.6 is 12.6 Å². The Bertz CT molecular complexity index is 411. The van der Waals surface area contributed by atoms with Crippen molar-refractivity contribution in [2.24, 2.45) is 5.92 Å². The van der Waals surface area contributed by atoms with Gasteiger partial charge < -0.3 is 21.1 Å². The molecule has 1 saturated heterocycles. The molecule has 0 bridgehead atoms. The Morgan fingerprint density at radius 3 is 2.41 bits per heavy atom. The second kappa shape index (κ2) is 8.99. The fraction of sp³-hybridized carbons (Fsp3) is 0.786. The lowest BCUT2D eigenvalue weighted by atomic mass is 10.0. The number of thiol groups is 1. The summed E-state index contributed by atoms with van der Waals surface area (Å²) in [6.45, 7) is 4.67. The van der Waals surface area contributed by atoms with Gasteiger partial charge in [0, 0.05) is 5.75 Å². The van der Waals surface area contributed by atoms with Crippen LogP contribution in [-0.4, -0.2) is 53.3 Å². The third-order valence-corrected chi connectivity index (χ3v) is 3.88. The molecule has 0 aromatic rings. The van der Waals surface area contributed by atoms with Gasteiger partial charge in [-0.15, -0.1) is 0 Å². The molecule has 0 aliphatic carbocycles. The molecule has 3 atom stereocenters. The van der Waals surface area contributed by atoms with Gasteiger partial charge in [0.2, 0.25) is 11.8 Å². The summed E-state index contributed by atoms with van der Waals surface area (Å²) in [5.41, 5.74) is 0. The molecular weight excluding hydrogens is 306 g/mol. The van der Waals surface area contributed by atoms with Crippen molar-refractivity contribution in [3.8, 4) is 0 Å². The minimum atomic E-state index is -1.14. The van der Waals surface area contributed by atoms with Crippen LogP contribution in [0.1, 0.15) is 33.1 Å². The maximum absolute atomic E-state index is 12.3. The van der Waals surface area contributed by atoms with Gasteiger partial charge >= 0.3 is 5.97 Å². The van der Waals surface area contributed by atoms with Gasteiger partial charge in [-0.3, -0.25) is 9.59 Å². The molecule has 0 saturated carbocycles. The number of carboxylic acids is 1. The molecule has 0 aromatic carbocycles. The average Bonchev–Trinajstić information content (AvgIpc) is 2.96. The van der Waals surface area contributed by atoms with E-state index in [4.69, 9.17) is 5.11 Å². The third-order valence-electron chi connectivity index (χ3n) is 3.51. The summed E-state index contributed by atoms with van der Waals surface area (Å²) in [4.78, 5) is 35.4. The second-order valence-electron chi connectivity index (χ2n) is 5.92. The van der Waals surface area contributed by atoms with Crippen LogP contribution in [0.2, 0.25) is 0 Å². The maximum atomic E-state index is 12.3. The van der Waals surface area contributed by atoms with Crippen LogP contribution in [0.15, 0.2) is 0 Å². The van der Waals surface area contributed by atoms with Crippen LogP contribution in [0.5, 0.6) is 0 Å². The van der Waals surface area contributed by atoms with Crippen molar-refractivity contribution in [2.45, 2.75) is 51.2 Å². The summed E-state index contributed by atoms with van der Waals surface area (Å²) >= 11 is 3.92. The minimum Gasteiger partial charge on any atom is -0.480 e. The molecule has 7 nitrogen and oxygen atoms in total. The molecule has 22 heavy (non-hydrogen) atoms. The molecule has 126 valence electrons. The van der Waals surface area contributed by atoms with E-state index in [0.717, 1.165) is 19.4 Å². The van der Waals surface area contributed by atoms with Crippen LogP contribution < -0.4 is 16.0 Å². The van der Waals surface area contributed by atoms with Gasteiger partial charge in [-0.2, -0.15) is 12.6 Å². The number of nitrogens with one attached hydrogen (secondary N) is 3. The summed E-state index contributed by atoms with van der Waals surface area (Å²) in [7, 11) is 0. The summed E-state index contributed by atoms with van der Waals surface area (Å²) in [6, 6.07) is -2.08. The molecule has 2 amide bonds. The monoisotopic (exact) mass is 331 g/mol. The minimum absolute atomic E-state index is 0.00635. The molecule has 0 spiro atoms. The highest BCUT2D eigenvalue weighted by Gasteiger charge is 2.29. The van der Waals surface area contributed by atoms with E-state index in [2.05, 4.69) is 28.6 Å². The Hall–Kier alpha value is -1.28. The summed E-state index contributed by atoms with van der Waals surface area (Å²) in [6.07, 6.45) is 2.12. The lowest BCUT2D eigenvalue weighted by Gasteiger charge is -2.23. The van der Waals surface area contributed by atoms with Crippen LogP contribution in [0.4, 0.5) is 0 Å². The molecule has 1 rings (SSSR count). The molecule has 4 N–H and O–H groups in total. The first-order valence-electron chi connectivity index (χ1n) is 7.53. The van der Waals surface area contributed by atoms with E-state index in [1.807, 2.05) is 13.8 Å². The van der Waals surface area contributed by atoms with Crippen molar-refractivity contribution < 1.29 is 19.5 Å². The lowest BCUT2D eigenvalue weighted by Crippen LogP contribution is -2.55. The van der Waals surface area contributed by atoms with Crippen molar-refractivity contribution in [1.29, 1.82) is 0 Å². The van der Waals surface area contributed by atoms with Crippen LogP contribution in [0, 0.1) is 5.92 Å². The standard InChI is InChI=1S/C14H25N3O4S/c1-8(2)6-10(13(19)17-11(7-22)14(20)21)16-12(18)9-4-3-5-15-9/h8-11,15,22H,3-7H2,1-2H3,(H,16,18)(H,17,19)(H,20,21). The fourth-order valence-corrected chi connectivity index (χ4v) is 2.59. The number of carbonyl (C=O) groups excluding carboxylic acids is 2. The molecule has 0 radical (unpaired) electrons. The van der Waals surface area contributed by atoms with E-state index < -0.39 is 24.0 Å². The van der Waals surface area contributed by atoms with Gasteiger partial charge in [0.25, 0.3) is 0 Å². The van der Waals surface area contributed by atoms with Gasteiger partial charge in [-0.25, -0.2) is 4.79 Å². The first kappa shape index (κ1) is 18.8. The van der Waals surface area contributed by atoms with Gasteiger partial charge in [0.15, 0.2) is 0 Å². The summed E-state index contributed by atoms with van der Waals surface area (Å²) in [5.74, 6) is -1.66.